The van der Waals surface area contributed by atoms with Gasteiger partial charge in [0.25, 0.3) is 10.0 Å². The van der Waals surface area contributed by atoms with Gasteiger partial charge < -0.3 is 4.74 Å². The topological polar surface area (TPSA) is 67.8 Å². The lowest BCUT2D eigenvalue weighted by Gasteiger charge is -2.06. The number of aryl methyl sites for hydroxylation is 2. The van der Waals surface area contributed by atoms with Crippen molar-refractivity contribution in [1.82, 2.24) is 4.83 Å². The van der Waals surface area contributed by atoms with Gasteiger partial charge in [-0.15, -0.1) is 0 Å². The van der Waals surface area contributed by atoms with Gasteiger partial charge in [-0.25, -0.2) is 4.83 Å². The Hall–Kier alpha value is -2.34. The molecule has 2 aromatic carbocycles. The van der Waals surface area contributed by atoms with Gasteiger partial charge >= 0.3 is 0 Å². The molecule has 2 rings (SSSR count). The molecule has 2 aromatic rings. The summed E-state index contributed by atoms with van der Waals surface area (Å²) in [6.07, 6.45) is 1.41. The van der Waals surface area contributed by atoms with E-state index in [1.807, 2.05) is 26.0 Å². The van der Waals surface area contributed by atoms with E-state index in [0.717, 1.165) is 11.1 Å². The summed E-state index contributed by atoms with van der Waals surface area (Å²) in [6.45, 7) is 3.80. The molecule has 0 amide bonds. The molecule has 0 aliphatic rings. The summed E-state index contributed by atoms with van der Waals surface area (Å²) in [7, 11) is -2.13. The Kier molecular flexibility index (Phi) is 4.82. The van der Waals surface area contributed by atoms with E-state index >= 15 is 0 Å². The smallest absolute Gasteiger partial charge is 0.276 e. The second kappa shape index (κ2) is 6.62. The molecule has 0 saturated heterocycles. The summed E-state index contributed by atoms with van der Waals surface area (Å²) in [6, 6.07) is 12.2. The number of sulfonamides is 1. The average Bonchev–Trinajstić information content (AvgIpc) is 2.50. The highest BCUT2D eigenvalue weighted by atomic mass is 32.2. The minimum Gasteiger partial charge on any atom is -0.496 e. The molecule has 0 fully saturated rings. The Morgan fingerprint density at radius 3 is 2.50 bits per heavy atom. The summed E-state index contributed by atoms with van der Waals surface area (Å²) in [4.78, 5) is 2.40. The third kappa shape index (κ3) is 3.65. The predicted molar refractivity (Wildman–Crippen MR) is 86.8 cm³/mol. The fourth-order valence-corrected chi connectivity index (χ4v) is 2.75. The molecule has 5 nitrogen and oxygen atoms in total. The van der Waals surface area contributed by atoms with Crippen molar-refractivity contribution in [2.45, 2.75) is 18.7 Å². The number of hydrogen-bond acceptors (Lipinski definition) is 4. The molecular formula is C16H18N2O3S. The van der Waals surface area contributed by atoms with E-state index in [4.69, 9.17) is 4.74 Å². The first-order valence-corrected chi connectivity index (χ1v) is 8.17. The Balaban J connectivity index is 2.19. The fraction of sp³-hybridized carbons (Fsp3) is 0.188. The van der Waals surface area contributed by atoms with Crippen LogP contribution in [0.25, 0.3) is 0 Å². The van der Waals surface area contributed by atoms with Gasteiger partial charge in [0.15, 0.2) is 0 Å². The van der Waals surface area contributed by atoms with Crippen molar-refractivity contribution in [2.24, 2.45) is 5.10 Å². The monoisotopic (exact) mass is 318 g/mol. The number of rotatable bonds is 5. The highest BCUT2D eigenvalue weighted by Crippen LogP contribution is 2.16. The molecule has 0 atom stereocenters. The number of benzene rings is 2. The Morgan fingerprint density at radius 2 is 1.82 bits per heavy atom. The quantitative estimate of drug-likeness (QED) is 0.680. The van der Waals surface area contributed by atoms with Crippen LogP contribution in [0.5, 0.6) is 5.75 Å². The summed E-state index contributed by atoms with van der Waals surface area (Å²) in [5.74, 6) is 0.622. The van der Waals surface area contributed by atoms with Gasteiger partial charge in [-0.2, -0.15) is 13.5 Å². The minimum absolute atomic E-state index is 0.188. The second-order valence-electron chi connectivity index (χ2n) is 4.84. The maximum Gasteiger partial charge on any atom is 0.276 e. The number of hydrogen-bond donors (Lipinski definition) is 1. The number of ether oxygens (including phenoxy) is 1. The Labute approximate surface area is 130 Å². The first kappa shape index (κ1) is 16.0. The molecule has 0 bridgehead atoms. The fourth-order valence-electron chi connectivity index (χ4n) is 1.87. The van der Waals surface area contributed by atoms with Crippen molar-refractivity contribution in [3.8, 4) is 5.75 Å². The minimum atomic E-state index is -3.68. The summed E-state index contributed by atoms with van der Waals surface area (Å²) in [5, 5.41) is 3.81. The van der Waals surface area contributed by atoms with E-state index in [0.29, 0.717) is 11.3 Å². The molecule has 116 valence electrons. The van der Waals surface area contributed by atoms with Gasteiger partial charge in [-0.1, -0.05) is 18.2 Å². The summed E-state index contributed by atoms with van der Waals surface area (Å²) < 4.78 is 29.5. The standard InChI is InChI=1S/C16H18N2O3S/c1-12-8-9-15(10-13(12)2)22(19,20)18-17-11-14-6-4-5-7-16(14)21-3/h4-11,18H,1-3H3/b17-11-. The highest BCUT2D eigenvalue weighted by molar-refractivity contribution is 7.89. The van der Waals surface area contributed by atoms with Gasteiger partial charge in [0.2, 0.25) is 0 Å². The van der Waals surface area contributed by atoms with Crippen LogP contribution in [0.1, 0.15) is 16.7 Å². The van der Waals surface area contributed by atoms with E-state index in [2.05, 4.69) is 9.93 Å². The lowest BCUT2D eigenvalue weighted by molar-refractivity contribution is 0.414. The van der Waals surface area contributed by atoms with E-state index in [1.165, 1.54) is 6.21 Å². The van der Waals surface area contributed by atoms with Gasteiger partial charge in [0.05, 0.1) is 18.2 Å². The first-order chi connectivity index (χ1) is 10.4. The van der Waals surface area contributed by atoms with Crippen molar-refractivity contribution in [3.63, 3.8) is 0 Å². The number of methoxy groups -OCH3 is 1. The van der Waals surface area contributed by atoms with Gasteiger partial charge in [0.1, 0.15) is 5.75 Å². The number of para-hydroxylation sites is 1. The average molecular weight is 318 g/mol. The van der Waals surface area contributed by atoms with Crippen LogP contribution in [0.15, 0.2) is 52.5 Å². The molecule has 0 saturated carbocycles. The second-order valence-corrected chi connectivity index (χ2v) is 6.50. The third-order valence-corrected chi connectivity index (χ3v) is 4.52. The van der Waals surface area contributed by atoms with Crippen LogP contribution in [-0.4, -0.2) is 21.7 Å². The summed E-state index contributed by atoms with van der Waals surface area (Å²) >= 11 is 0. The zero-order valence-electron chi connectivity index (χ0n) is 12.7. The SMILES string of the molecule is COc1ccccc1/C=N\NS(=O)(=O)c1ccc(C)c(C)c1. The van der Waals surface area contributed by atoms with Crippen LogP contribution in [0, 0.1) is 13.8 Å². The van der Waals surface area contributed by atoms with Crippen molar-refractivity contribution in [2.75, 3.05) is 7.11 Å². The van der Waals surface area contributed by atoms with Crippen molar-refractivity contribution < 1.29 is 13.2 Å². The summed E-state index contributed by atoms with van der Waals surface area (Å²) in [5.41, 5.74) is 2.64. The molecule has 0 heterocycles. The normalized spacial score (nSPS) is 11.6. The molecule has 1 N–H and O–H groups in total. The van der Waals surface area contributed by atoms with Crippen LogP contribution < -0.4 is 9.57 Å². The van der Waals surface area contributed by atoms with Crippen LogP contribution in [0.3, 0.4) is 0 Å². The van der Waals surface area contributed by atoms with Gasteiger partial charge in [-0.3, -0.25) is 0 Å². The molecular weight excluding hydrogens is 300 g/mol. The van der Waals surface area contributed by atoms with Crippen LogP contribution >= 0.6 is 0 Å². The molecule has 0 unspecified atom stereocenters. The van der Waals surface area contributed by atoms with Crippen molar-refractivity contribution in [3.05, 3.63) is 59.2 Å². The van der Waals surface area contributed by atoms with E-state index in [9.17, 15) is 8.42 Å². The zero-order valence-corrected chi connectivity index (χ0v) is 13.5. The van der Waals surface area contributed by atoms with Gasteiger partial charge in [0, 0.05) is 5.56 Å². The lowest BCUT2D eigenvalue weighted by atomic mass is 10.1. The molecule has 0 radical (unpaired) electrons. The molecule has 22 heavy (non-hydrogen) atoms. The molecule has 0 aliphatic heterocycles. The number of hydrazone groups is 1. The molecule has 0 aromatic heterocycles. The largest absolute Gasteiger partial charge is 0.496 e. The first-order valence-electron chi connectivity index (χ1n) is 6.69. The van der Waals surface area contributed by atoms with Crippen LogP contribution in [0.2, 0.25) is 0 Å². The maximum absolute atomic E-state index is 12.2. The van der Waals surface area contributed by atoms with E-state index < -0.39 is 10.0 Å². The number of nitrogens with zero attached hydrogens (tertiary/aromatic N) is 1. The van der Waals surface area contributed by atoms with Gasteiger partial charge in [-0.05, 0) is 49.2 Å². The maximum atomic E-state index is 12.2. The zero-order chi connectivity index (χ0) is 16.2. The van der Waals surface area contributed by atoms with Crippen molar-refractivity contribution >= 4 is 16.2 Å². The van der Waals surface area contributed by atoms with E-state index in [1.54, 1.807) is 37.4 Å². The number of nitrogens with one attached hydrogen (secondary N) is 1. The van der Waals surface area contributed by atoms with Crippen LogP contribution in [-0.2, 0) is 10.0 Å². The predicted octanol–water partition coefficient (Wildman–Crippen LogP) is 2.62. The lowest BCUT2D eigenvalue weighted by Crippen LogP contribution is -2.18. The molecule has 6 heteroatoms. The highest BCUT2D eigenvalue weighted by Gasteiger charge is 2.13. The van der Waals surface area contributed by atoms with E-state index in [-0.39, 0.29) is 4.90 Å². The third-order valence-electron chi connectivity index (χ3n) is 3.30. The Bertz CT molecular complexity index is 799. The molecule has 0 spiro atoms. The molecule has 0 aliphatic carbocycles. The van der Waals surface area contributed by atoms with Crippen molar-refractivity contribution in [1.29, 1.82) is 0 Å². The van der Waals surface area contributed by atoms with Crippen LogP contribution in [0.4, 0.5) is 0 Å². The Morgan fingerprint density at radius 1 is 1.09 bits per heavy atom.